The maximum Gasteiger partial charge on any atom is 0.255 e. The summed E-state index contributed by atoms with van der Waals surface area (Å²) in [6, 6.07) is 6.54. The van der Waals surface area contributed by atoms with E-state index in [1.165, 1.54) is 5.56 Å². The fourth-order valence-electron chi connectivity index (χ4n) is 3.01. The van der Waals surface area contributed by atoms with E-state index in [4.69, 9.17) is 5.73 Å². The molecule has 0 aliphatic heterocycles. The largest absolute Gasteiger partial charge is 0.385 e. The molecule has 0 radical (unpaired) electrons. The number of nitrogen functional groups attached to an aromatic ring is 1. The number of rotatable bonds is 6. The number of nitrogens with two attached hydrogens (primary N) is 1. The molecule has 25 heavy (non-hydrogen) atoms. The second-order valence-corrected chi connectivity index (χ2v) is 8.59. The standard InChI is InChI=1S/C20H30N4O/c1-20(2,3)9-10-24(4)12-13-5-8-15-16(11-13)23-18(21)17(15)19(25)22-14-6-7-14/h5,8,11,14,23H,6-7,9-10,12,21H2,1-4H3,(H,22,25). The van der Waals surface area contributed by atoms with Gasteiger partial charge in [0.05, 0.1) is 5.56 Å². The Bertz CT molecular complexity index is 768. The number of carbonyl (C=O) groups excluding carboxylic acids is 1. The summed E-state index contributed by atoms with van der Waals surface area (Å²) < 4.78 is 0. The van der Waals surface area contributed by atoms with E-state index in [1.54, 1.807) is 0 Å². The topological polar surface area (TPSA) is 74.2 Å². The molecule has 4 N–H and O–H groups in total. The highest BCUT2D eigenvalue weighted by molar-refractivity contribution is 6.11. The number of benzene rings is 1. The summed E-state index contributed by atoms with van der Waals surface area (Å²) in [4.78, 5) is 17.9. The lowest BCUT2D eigenvalue weighted by atomic mass is 9.92. The zero-order valence-corrected chi connectivity index (χ0v) is 15.8. The van der Waals surface area contributed by atoms with Crippen molar-refractivity contribution in [3.63, 3.8) is 0 Å². The summed E-state index contributed by atoms with van der Waals surface area (Å²) in [7, 11) is 2.15. The predicted molar refractivity (Wildman–Crippen MR) is 104 cm³/mol. The minimum atomic E-state index is -0.0682. The van der Waals surface area contributed by atoms with Crippen molar-refractivity contribution in [2.75, 3.05) is 19.3 Å². The first kappa shape index (κ1) is 17.8. The summed E-state index contributed by atoms with van der Waals surface area (Å²) in [5, 5.41) is 3.92. The Kier molecular flexibility index (Phi) is 4.78. The number of hydrogen-bond acceptors (Lipinski definition) is 3. The molecule has 0 unspecified atom stereocenters. The number of carbonyl (C=O) groups is 1. The number of H-pyrrole nitrogens is 1. The van der Waals surface area contributed by atoms with E-state index >= 15 is 0 Å². The van der Waals surface area contributed by atoms with Crippen LogP contribution in [0.3, 0.4) is 0 Å². The van der Waals surface area contributed by atoms with Crippen LogP contribution in [0.5, 0.6) is 0 Å². The molecule has 1 aromatic carbocycles. The first-order chi connectivity index (χ1) is 11.7. The number of nitrogens with one attached hydrogen (secondary N) is 2. The molecule has 1 aliphatic rings. The molecule has 2 aromatic rings. The van der Waals surface area contributed by atoms with Gasteiger partial charge in [-0.15, -0.1) is 0 Å². The zero-order valence-electron chi connectivity index (χ0n) is 15.8. The molecule has 1 fully saturated rings. The van der Waals surface area contributed by atoms with Crippen LogP contribution in [0.25, 0.3) is 10.9 Å². The Labute approximate surface area is 150 Å². The molecule has 1 aliphatic carbocycles. The highest BCUT2D eigenvalue weighted by Gasteiger charge is 2.26. The van der Waals surface area contributed by atoms with Crippen molar-refractivity contribution in [3.05, 3.63) is 29.3 Å². The Balaban J connectivity index is 1.73. The first-order valence-corrected chi connectivity index (χ1v) is 9.12. The average molecular weight is 342 g/mol. The molecule has 0 spiro atoms. The van der Waals surface area contributed by atoms with Crippen LogP contribution in [-0.4, -0.2) is 35.4 Å². The number of amides is 1. The van der Waals surface area contributed by atoms with Gasteiger partial charge in [0.1, 0.15) is 5.82 Å². The molecule has 1 amide bonds. The maximum absolute atomic E-state index is 12.4. The monoisotopic (exact) mass is 342 g/mol. The van der Waals surface area contributed by atoms with Gasteiger partial charge < -0.3 is 20.9 Å². The Morgan fingerprint density at radius 2 is 2.08 bits per heavy atom. The van der Waals surface area contributed by atoms with Gasteiger partial charge in [0.25, 0.3) is 5.91 Å². The molecular weight excluding hydrogens is 312 g/mol. The van der Waals surface area contributed by atoms with Gasteiger partial charge >= 0.3 is 0 Å². The molecule has 1 heterocycles. The second kappa shape index (κ2) is 6.71. The van der Waals surface area contributed by atoms with E-state index in [0.29, 0.717) is 22.8 Å². The number of fused-ring (bicyclic) bond motifs is 1. The van der Waals surface area contributed by atoms with Crippen LogP contribution in [0.2, 0.25) is 0 Å². The summed E-state index contributed by atoms with van der Waals surface area (Å²) in [5.41, 5.74) is 9.14. The van der Waals surface area contributed by atoms with Crippen molar-refractivity contribution in [2.45, 2.75) is 52.6 Å². The van der Waals surface area contributed by atoms with E-state index < -0.39 is 0 Å². The van der Waals surface area contributed by atoms with E-state index in [9.17, 15) is 4.79 Å². The third kappa shape index (κ3) is 4.54. The number of hydrogen-bond donors (Lipinski definition) is 3. The first-order valence-electron chi connectivity index (χ1n) is 9.12. The van der Waals surface area contributed by atoms with Crippen molar-refractivity contribution in [2.24, 2.45) is 5.41 Å². The van der Waals surface area contributed by atoms with Crippen LogP contribution in [0.15, 0.2) is 18.2 Å². The van der Waals surface area contributed by atoms with Gasteiger partial charge in [0.15, 0.2) is 0 Å². The average Bonchev–Trinajstić information content (AvgIpc) is 3.24. The minimum Gasteiger partial charge on any atom is -0.385 e. The molecule has 0 saturated heterocycles. The van der Waals surface area contributed by atoms with Crippen molar-refractivity contribution in [1.82, 2.24) is 15.2 Å². The maximum atomic E-state index is 12.4. The third-order valence-electron chi connectivity index (χ3n) is 4.73. The van der Waals surface area contributed by atoms with E-state index in [0.717, 1.165) is 43.3 Å². The van der Waals surface area contributed by atoms with E-state index in [2.05, 4.69) is 55.2 Å². The summed E-state index contributed by atoms with van der Waals surface area (Å²) in [6.07, 6.45) is 3.30. The van der Waals surface area contributed by atoms with Gasteiger partial charge in [0.2, 0.25) is 0 Å². The quantitative estimate of drug-likeness (QED) is 0.752. The molecule has 1 aromatic heterocycles. The van der Waals surface area contributed by atoms with Crippen LogP contribution in [0.1, 0.15) is 56.0 Å². The van der Waals surface area contributed by atoms with Crippen molar-refractivity contribution in [3.8, 4) is 0 Å². The lowest BCUT2D eigenvalue weighted by Crippen LogP contribution is -2.25. The summed E-state index contributed by atoms with van der Waals surface area (Å²) in [6.45, 7) is 8.74. The fraction of sp³-hybridized carbons (Fsp3) is 0.550. The Morgan fingerprint density at radius 3 is 2.72 bits per heavy atom. The highest BCUT2D eigenvalue weighted by atomic mass is 16.1. The van der Waals surface area contributed by atoms with Crippen LogP contribution in [0, 0.1) is 5.41 Å². The molecule has 0 bridgehead atoms. The van der Waals surface area contributed by atoms with Gasteiger partial charge in [-0.25, -0.2) is 0 Å². The zero-order chi connectivity index (χ0) is 18.2. The third-order valence-corrected chi connectivity index (χ3v) is 4.73. The summed E-state index contributed by atoms with van der Waals surface area (Å²) >= 11 is 0. The predicted octanol–water partition coefficient (Wildman–Crippen LogP) is 3.51. The van der Waals surface area contributed by atoms with Crippen LogP contribution < -0.4 is 11.1 Å². The van der Waals surface area contributed by atoms with E-state index in [1.807, 2.05) is 6.07 Å². The molecule has 0 atom stereocenters. The molecular formula is C20H30N4O. The Hall–Kier alpha value is -2.01. The highest BCUT2D eigenvalue weighted by Crippen LogP contribution is 2.27. The van der Waals surface area contributed by atoms with Crippen LogP contribution in [0.4, 0.5) is 5.82 Å². The molecule has 136 valence electrons. The molecule has 5 heteroatoms. The number of anilines is 1. The van der Waals surface area contributed by atoms with E-state index in [-0.39, 0.29) is 5.91 Å². The van der Waals surface area contributed by atoms with Crippen LogP contribution >= 0.6 is 0 Å². The van der Waals surface area contributed by atoms with Gasteiger partial charge in [-0.1, -0.05) is 32.9 Å². The minimum absolute atomic E-state index is 0.0682. The van der Waals surface area contributed by atoms with Crippen molar-refractivity contribution < 1.29 is 4.79 Å². The SMILES string of the molecule is CN(CCC(C)(C)C)Cc1ccc2c(C(=O)NC3CC3)c(N)[nH]c2c1. The smallest absolute Gasteiger partial charge is 0.255 e. The van der Waals surface area contributed by atoms with Gasteiger partial charge in [0, 0.05) is 23.5 Å². The Morgan fingerprint density at radius 1 is 1.36 bits per heavy atom. The van der Waals surface area contributed by atoms with Crippen molar-refractivity contribution >= 4 is 22.6 Å². The van der Waals surface area contributed by atoms with Gasteiger partial charge in [-0.3, -0.25) is 4.79 Å². The molecule has 3 rings (SSSR count). The van der Waals surface area contributed by atoms with Crippen molar-refractivity contribution in [1.29, 1.82) is 0 Å². The normalized spacial score (nSPS) is 15.1. The lowest BCUT2D eigenvalue weighted by Gasteiger charge is -2.23. The fourth-order valence-corrected chi connectivity index (χ4v) is 3.01. The number of aromatic amines is 1. The summed E-state index contributed by atoms with van der Waals surface area (Å²) in [5.74, 6) is 0.382. The number of nitrogens with zero attached hydrogens (tertiary/aromatic N) is 1. The van der Waals surface area contributed by atoms with Crippen LogP contribution in [-0.2, 0) is 6.54 Å². The lowest BCUT2D eigenvalue weighted by molar-refractivity contribution is 0.0953. The molecule has 1 saturated carbocycles. The molecule has 5 nitrogen and oxygen atoms in total. The van der Waals surface area contributed by atoms with Gasteiger partial charge in [-0.05, 0) is 49.9 Å². The second-order valence-electron chi connectivity index (χ2n) is 8.59. The number of aromatic nitrogens is 1. The van der Waals surface area contributed by atoms with Gasteiger partial charge in [-0.2, -0.15) is 0 Å².